The molecule has 0 bridgehead atoms. The maximum Gasteiger partial charge on any atom is 0.433 e. The maximum absolute atomic E-state index is 13.3. The van der Waals surface area contributed by atoms with Crippen molar-refractivity contribution in [2.45, 2.75) is 25.3 Å². The number of anilines is 1. The number of hydrogen-bond acceptors (Lipinski definition) is 7. The van der Waals surface area contributed by atoms with Gasteiger partial charge in [-0.3, -0.25) is 4.98 Å². The fourth-order valence-electron chi connectivity index (χ4n) is 2.77. The molecule has 27 heavy (non-hydrogen) atoms. The van der Waals surface area contributed by atoms with Crippen molar-refractivity contribution in [3.05, 3.63) is 36.3 Å². The highest BCUT2D eigenvalue weighted by Crippen LogP contribution is 2.32. The summed E-state index contributed by atoms with van der Waals surface area (Å²) in [6.45, 7) is 2.02. The van der Waals surface area contributed by atoms with Crippen molar-refractivity contribution in [3.8, 4) is 11.4 Å². The summed E-state index contributed by atoms with van der Waals surface area (Å²) in [6, 6.07) is 4.03. The molecule has 0 N–H and O–H groups in total. The molecule has 3 heterocycles. The summed E-state index contributed by atoms with van der Waals surface area (Å²) in [5.41, 5.74) is -0.712. The van der Waals surface area contributed by atoms with Gasteiger partial charge < -0.3 is 14.4 Å². The largest absolute Gasteiger partial charge is 0.467 e. The SMILES string of the molecule is COC(=O)C1CN(c2cc(C(F)(F)F)nc(-c3cccnc3)n2)C[C@@H](C)O1. The summed E-state index contributed by atoms with van der Waals surface area (Å²) >= 11 is 0. The summed E-state index contributed by atoms with van der Waals surface area (Å²) in [5, 5.41) is 0. The molecule has 0 aromatic carbocycles. The Morgan fingerprint density at radius 3 is 2.74 bits per heavy atom. The van der Waals surface area contributed by atoms with Gasteiger partial charge in [-0.15, -0.1) is 0 Å². The molecule has 1 fully saturated rings. The maximum atomic E-state index is 13.3. The van der Waals surface area contributed by atoms with Gasteiger partial charge in [0, 0.05) is 30.6 Å². The first-order valence-electron chi connectivity index (χ1n) is 8.13. The molecule has 7 nitrogen and oxygen atoms in total. The average Bonchev–Trinajstić information content (AvgIpc) is 2.66. The Kier molecular flexibility index (Phi) is 5.26. The van der Waals surface area contributed by atoms with Crippen LogP contribution in [0.4, 0.5) is 19.0 Å². The Hall–Kier alpha value is -2.75. The second-order valence-electron chi connectivity index (χ2n) is 6.04. The summed E-state index contributed by atoms with van der Waals surface area (Å²) in [5.74, 6) is -0.633. The lowest BCUT2D eigenvalue weighted by Gasteiger charge is -2.36. The molecule has 0 aliphatic carbocycles. The number of morpholine rings is 1. The lowest BCUT2D eigenvalue weighted by molar-refractivity contribution is -0.158. The molecule has 0 spiro atoms. The van der Waals surface area contributed by atoms with Gasteiger partial charge in [-0.2, -0.15) is 13.2 Å². The monoisotopic (exact) mass is 382 g/mol. The molecule has 1 aliphatic heterocycles. The van der Waals surface area contributed by atoms with Crippen LogP contribution >= 0.6 is 0 Å². The summed E-state index contributed by atoms with van der Waals surface area (Å²) < 4.78 is 50.2. The van der Waals surface area contributed by atoms with Crippen molar-refractivity contribution in [3.63, 3.8) is 0 Å². The first kappa shape index (κ1) is 19.0. The van der Waals surface area contributed by atoms with Crippen LogP contribution in [0.5, 0.6) is 0 Å². The van der Waals surface area contributed by atoms with E-state index in [4.69, 9.17) is 4.74 Å². The molecule has 2 aromatic heterocycles. The minimum absolute atomic E-state index is 0.0256. The van der Waals surface area contributed by atoms with Crippen molar-refractivity contribution < 1.29 is 27.4 Å². The van der Waals surface area contributed by atoms with E-state index >= 15 is 0 Å². The van der Waals surface area contributed by atoms with E-state index in [1.807, 2.05) is 0 Å². The van der Waals surface area contributed by atoms with Gasteiger partial charge in [0.2, 0.25) is 0 Å². The standard InChI is InChI=1S/C17H17F3N4O3/c1-10-8-24(9-12(27-10)16(25)26-2)14-6-13(17(18,19)20)22-15(23-14)11-4-3-5-21-7-11/h3-7,10,12H,8-9H2,1-2H3/t10-,12?/m1/s1. The fraction of sp³-hybridized carbons (Fsp3) is 0.412. The van der Waals surface area contributed by atoms with Gasteiger partial charge in [0.1, 0.15) is 5.82 Å². The van der Waals surface area contributed by atoms with Gasteiger partial charge in [-0.1, -0.05) is 0 Å². The van der Waals surface area contributed by atoms with Crippen molar-refractivity contribution >= 4 is 11.8 Å². The van der Waals surface area contributed by atoms with Gasteiger partial charge in [0.25, 0.3) is 0 Å². The van der Waals surface area contributed by atoms with Gasteiger partial charge >= 0.3 is 12.1 Å². The average molecular weight is 382 g/mol. The molecule has 1 unspecified atom stereocenters. The van der Waals surface area contributed by atoms with E-state index in [0.29, 0.717) is 5.56 Å². The Balaban J connectivity index is 2.02. The van der Waals surface area contributed by atoms with Crippen LogP contribution in [0.15, 0.2) is 30.6 Å². The lowest BCUT2D eigenvalue weighted by atomic mass is 10.2. The number of aromatic nitrogens is 3. The van der Waals surface area contributed by atoms with Crippen molar-refractivity contribution in [2.75, 3.05) is 25.1 Å². The normalized spacial score (nSPS) is 20.4. The highest BCUT2D eigenvalue weighted by molar-refractivity contribution is 5.75. The third kappa shape index (κ3) is 4.33. The molecule has 0 saturated carbocycles. The highest BCUT2D eigenvalue weighted by atomic mass is 19.4. The summed E-state index contributed by atoms with van der Waals surface area (Å²) in [6.07, 6.45) is -3.06. The number of alkyl halides is 3. The van der Waals surface area contributed by atoms with E-state index in [2.05, 4.69) is 19.7 Å². The number of carbonyl (C=O) groups excluding carboxylic acids is 1. The Bertz CT molecular complexity index is 817. The van der Waals surface area contributed by atoms with Crippen LogP contribution in [-0.2, 0) is 20.4 Å². The second kappa shape index (κ2) is 7.47. The number of ether oxygens (including phenoxy) is 2. The number of pyridine rings is 1. The highest BCUT2D eigenvalue weighted by Gasteiger charge is 2.36. The lowest BCUT2D eigenvalue weighted by Crippen LogP contribution is -2.50. The topological polar surface area (TPSA) is 77.4 Å². The molecule has 3 rings (SSSR count). The summed E-state index contributed by atoms with van der Waals surface area (Å²) in [4.78, 5) is 25.2. The molecule has 144 valence electrons. The Morgan fingerprint density at radius 1 is 1.33 bits per heavy atom. The van der Waals surface area contributed by atoms with Crippen LogP contribution in [0.2, 0.25) is 0 Å². The minimum atomic E-state index is -4.64. The first-order chi connectivity index (χ1) is 12.8. The van der Waals surface area contributed by atoms with E-state index in [-0.39, 0.29) is 24.7 Å². The van der Waals surface area contributed by atoms with E-state index < -0.39 is 30.0 Å². The van der Waals surface area contributed by atoms with Gasteiger partial charge in [-0.05, 0) is 19.1 Å². The van der Waals surface area contributed by atoms with Crippen LogP contribution in [0.25, 0.3) is 11.4 Å². The second-order valence-corrected chi connectivity index (χ2v) is 6.04. The molecule has 2 aromatic rings. The van der Waals surface area contributed by atoms with Crippen molar-refractivity contribution in [2.24, 2.45) is 0 Å². The van der Waals surface area contributed by atoms with Crippen LogP contribution < -0.4 is 4.90 Å². The number of rotatable bonds is 3. The van der Waals surface area contributed by atoms with Crippen molar-refractivity contribution in [1.29, 1.82) is 0 Å². The number of methoxy groups -OCH3 is 1. The number of halogens is 3. The van der Waals surface area contributed by atoms with E-state index in [1.54, 1.807) is 24.0 Å². The first-order valence-corrected chi connectivity index (χ1v) is 8.13. The van der Waals surface area contributed by atoms with Gasteiger partial charge in [0.15, 0.2) is 17.6 Å². The Labute approximate surface area is 153 Å². The van der Waals surface area contributed by atoms with Crippen molar-refractivity contribution in [1.82, 2.24) is 15.0 Å². The molecule has 2 atom stereocenters. The zero-order valence-corrected chi connectivity index (χ0v) is 14.6. The van der Waals surface area contributed by atoms with Crippen LogP contribution in [-0.4, -0.2) is 53.3 Å². The molecular weight excluding hydrogens is 365 g/mol. The summed E-state index contributed by atoms with van der Waals surface area (Å²) in [7, 11) is 1.22. The number of carbonyl (C=O) groups is 1. The predicted octanol–water partition coefficient (Wildman–Crippen LogP) is 2.32. The Morgan fingerprint density at radius 2 is 2.11 bits per heavy atom. The van der Waals surface area contributed by atoms with Crippen LogP contribution in [0.1, 0.15) is 12.6 Å². The molecule has 1 saturated heterocycles. The fourth-order valence-corrected chi connectivity index (χ4v) is 2.77. The molecular formula is C17H17F3N4O3. The zero-order chi connectivity index (χ0) is 19.6. The van der Waals surface area contributed by atoms with Gasteiger partial charge in [0.05, 0.1) is 19.8 Å². The quantitative estimate of drug-likeness (QED) is 0.754. The molecule has 0 amide bonds. The molecule has 0 radical (unpaired) electrons. The van der Waals surface area contributed by atoms with E-state index in [0.717, 1.165) is 6.07 Å². The third-order valence-electron chi connectivity index (χ3n) is 3.97. The third-order valence-corrected chi connectivity index (χ3v) is 3.97. The minimum Gasteiger partial charge on any atom is -0.467 e. The van der Waals surface area contributed by atoms with Crippen LogP contribution in [0, 0.1) is 0 Å². The number of nitrogens with zero attached hydrogens (tertiary/aromatic N) is 4. The van der Waals surface area contributed by atoms with Crippen LogP contribution in [0.3, 0.4) is 0 Å². The van der Waals surface area contributed by atoms with Gasteiger partial charge in [-0.25, -0.2) is 14.8 Å². The number of esters is 1. The van der Waals surface area contributed by atoms with E-state index in [1.165, 1.54) is 19.5 Å². The van der Waals surface area contributed by atoms with E-state index in [9.17, 15) is 18.0 Å². The smallest absolute Gasteiger partial charge is 0.433 e. The predicted molar refractivity (Wildman–Crippen MR) is 88.8 cm³/mol. The number of hydrogen-bond donors (Lipinski definition) is 0. The zero-order valence-electron chi connectivity index (χ0n) is 14.6. The molecule has 10 heteroatoms. The molecule has 1 aliphatic rings.